The number of nitriles is 1. The molecule has 0 saturated carbocycles. The fourth-order valence-electron chi connectivity index (χ4n) is 1.11. The van der Waals surface area contributed by atoms with Crippen molar-refractivity contribution in [2.75, 3.05) is 6.61 Å². The second-order valence-electron chi connectivity index (χ2n) is 3.08. The summed E-state index contributed by atoms with van der Waals surface area (Å²) in [6, 6.07) is 4.13. The fraction of sp³-hybridized carbons (Fsp3) is 0.500. The van der Waals surface area contributed by atoms with E-state index in [1.54, 1.807) is 11.3 Å². The quantitative estimate of drug-likeness (QED) is 0.774. The number of nitrogens with zero attached hydrogens (tertiary/aromatic N) is 1. The third kappa shape index (κ3) is 3.11. The Balaban J connectivity index is 2.41. The van der Waals surface area contributed by atoms with Gasteiger partial charge in [0.2, 0.25) is 0 Å². The Morgan fingerprint density at radius 3 is 3.00 bits per heavy atom. The van der Waals surface area contributed by atoms with E-state index in [2.05, 4.69) is 11.4 Å². The Morgan fingerprint density at radius 2 is 2.50 bits per heavy atom. The molecule has 0 fully saturated rings. The number of rotatable bonds is 5. The summed E-state index contributed by atoms with van der Waals surface area (Å²) in [5.74, 6) is 0. The zero-order valence-corrected chi connectivity index (χ0v) is 8.97. The highest BCUT2D eigenvalue weighted by Gasteiger charge is 2.04. The summed E-state index contributed by atoms with van der Waals surface area (Å²) in [6.07, 6.45) is 0.910. The molecule has 0 aliphatic heterocycles. The number of hydrogen-bond acceptors (Lipinski definition) is 4. The Labute approximate surface area is 88.0 Å². The molecule has 0 aliphatic rings. The van der Waals surface area contributed by atoms with E-state index in [1.807, 2.05) is 18.4 Å². The Kier molecular flexibility index (Phi) is 4.60. The molecule has 76 valence electrons. The van der Waals surface area contributed by atoms with Crippen LogP contribution in [-0.2, 0) is 6.54 Å². The van der Waals surface area contributed by atoms with Crippen LogP contribution in [0.15, 0.2) is 11.4 Å². The van der Waals surface area contributed by atoms with Crippen molar-refractivity contribution in [1.82, 2.24) is 5.32 Å². The van der Waals surface area contributed by atoms with Crippen molar-refractivity contribution in [3.8, 4) is 6.07 Å². The number of nitrogens with one attached hydrogen (secondary N) is 1. The molecule has 3 nitrogen and oxygen atoms in total. The molecule has 1 rings (SSSR count). The molecule has 1 aromatic rings. The van der Waals surface area contributed by atoms with Gasteiger partial charge < -0.3 is 10.4 Å². The normalized spacial score (nSPS) is 12.4. The molecule has 0 unspecified atom stereocenters. The average molecular weight is 210 g/mol. The molecule has 1 heterocycles. The molecule has 1 atom stereocenters. The van der Waals surface area contributed by atoms with Crippen LogP contribution >= 0.6 is 11.3 Å². The van der Waals surface area contributed by atoms with E-state index in [4.69, 9.17) is 10.4 Å². The van der Waals surface area contributed by atoms with Gasteiger partial charge in [0.25, 0.3) is 0 Å². The number of thiophene rings is 1. The van der Waals surface area contributed by atoms with Crippen LogP contribution in [0.25, 0.3) is 0 Å². The first-order valence-corrected chi connectivity index (χ1v) is 5.49. The van der Waals surface area contributed by atoms with E-state index in [-0.39, 0.29) is 12.6 Å². The van der Waals surface area contributed by atoms with Crippen molar-refractivity contribution >= 4 is 11.3 Å². The van der Waals surface area contributed by atoms with E-state index >= 15 is 0 Å². The average Bonchev–Trinajstić information content (AvgIpc) is 2.67. The van der Waals surface area contributed by atoms with Crippen LogP contribution in [0.1, 0.15) is 23.8 Å². The molecule has 0 spiro atoms. The van der Waals surface area contributed by atoms with Gasteiger partial charge in [0.1, 0.15) is 6.07 Å². The zero-order valence-electron chi connectivity index (χ0n) is 8.16. The Hall–Kier alpha value is -0.890. The van der Waals surface area contributed by atoms with E-state index in [9.17, 15) is 0 Å². The molecule has 0 amide bonds. The van der Waals surface area contributed by atoms with E-state index in [0.29, 0.717) is 5.56 Å². The van der Waals surface area contributed by atoms with Gasteiger partial charge in [-0.1, -0.05) is 6.92 Å². The lowest BCUT2D eigenvalue weighted by molar-refractivity contribution is 0.238. The number of aliphatic hydroxyl groups excluding tert-OH is 1. The minimum Gasteiger partial charge on any atom is -0.395 e. The summed E-state index contributed by atoms with van der Waals surface area (Å²) in [6.45, 7) is 2.92. The first kappa shape index (κ1) is 11.2. The van der Waals surface area contributed by atoms with Crippen LogP contribution in [0.4, 0.5) is 0 Å². The van der Waals surface area contributed by atoms with Crippen molar-refractivity contribution in [3.05, 3.63) is 21.9 Å². The first-order valence-electron chi connectivity index (χ1n) is 4.62. The van der Waals surface area contributed by atoms with Gasteiger partial charge in [0.15, 0.2) is 0 Å². The molecule has 0 aromatic carbocycles. The van der Waals surface area contributed by atoms with Crippen molar-refractivity contribution in [2.45, 2.75) is 25.9 Å². The van der Waals surface area contributed by atoms with E-state index in [1.165, 1.54) is 0 Å². The summed E-state index contributed by atoms with van der Waals surface area (Å²) in [5, 5.41) is 22.6. The first-order chi connectivity index (χ1) is 6.80. The zero-order chi connectivity index (χ0) is 10.4. The van der Waals surface area contributed by atoms with Gasteiger partial charge in [0.05, 0.1) is 12.2 Å². The van der Waals surface area contributed by atoms with E-state index in [0.717, 1.165) is 17.8 Å². The summed E-state index contributed by atoms with van der Waals surface area (Å²) in [4.78, 5) is 1.13. The van der Waals surface area contributed by atoms with Crippen LogP contribution in [-0.4, -0.2) is 17.8 Å². The lowest BCUT2D eigenvalue weighted by Crippen LogP contribution is -2.30. The number of hydrogen-bond donors (Lipinski definition) is 2. The third-order valence-corrected chi connectivity index (χ3v) is 3.00. The molecule has 0 bridgehead atoms. The van der Waals surface area contributed by atoms with Gasteiger partial charge in [-0.3, -0.25) is 0 Å². The van der Waals surface area contributed by atoms with Crippen molar-refractivity contribution in [3.63, 3.8) is 0 Å². The highest BCUT2D eigenvalue weighted by molar-refractivity contribution is 7.10. The molecular weight excluding hydrogens is 196 g/mol. The topological polar surface area (TPSA) is 56.0 Å². The molecule has 14 heavy (non-hydrogen) atoms. The third-order valence-electron chi connectivity index (χ3n) is 2.06. The molecule has 1 aromatic heterocycles. The van der Waals surface area contributed by atoms with Gasteiger partial charge >= 0.3 is 0 Å². The molecular formula is C10H14N2OS. The van der Waals surface area contributed by atoms with Crippen LogP contribution in [0.3, 0.4) is 0 Å². The monoisotopic (exact) mass is 210 g/mol. The summed E-state index contributed by atoms with van der Waals surface area (Å²) in [7, 11) is 0. The Bertz CT molecular complexity index is 312. The lowest BCUT2D eigenvalue weighted by Gasteiger charge is -2.12. The fourth-order valence-corrected chi connectivity index (χ4v) is 1.88. The van der Waals surface area contributed by atoms with Crippen LogP contribution in [0, 0.1) is 11.3 Å². The van der Waals surface area contributed by atoms with Crippen molar-refractivity contribution < 1.29 is 5.11 Å². The van der Waals surface area contributed by atoms with Gasteiger partial charge in [-0.2, -0.15) is 5.26 Å². The minimum absolute atomic E-state index is 0.155. The van der Waals surface area contributed by atoms with Gasteiger partial charge in [-0.05, 0) is 12.5 Å². The van der Waals surface area contributed by atoms with Gasteiger partial charge in [0, 0.05) is 22.8 Å². The highest BCUT2D eigenvalue weighted by atomic mass is 32.1. The lowest BCUT2D eigenvalue weighted by atomic mass is 10.2. The summed E-state index contributed by atoms with van der Waals surface area (Å²) < 4.78 is 0. The maximum Gasteiger partial charge on any atom is 0.100 e. The van der Waals surface area contributed by atoms with Crippen molar-refractivity contribution in [2.24, 2.45) is 0 Å². The molecule has 0 aliphatic carbocycles. The van der Waals surface area contributed by atoms with Crippen molar-refractivity contribution in [1.29, 1.82) is 5.26 Å². The van der Waals surface area contributed by atoms with Crippen LogP contribution in [0.5, 0.6) is 0 Å². The second-order valence-corrected chi connectivity index (χ2v) is 4.08. The van der Waals surface area contributed by atoms with Gasteiger partial charge in [-0.25, -0.2) is 0 Å². The van der Waals surface area contributed by atoms with Gasteiger partial charge in [-0.15, -0.1) is 11.3 Å². The maximum absolute atomic E-state index is 8.94. The summed E-state index contributed by atoms with van der Waals surface area (Å²) in [5.41, 5.74) is 0.712. The number of aliphatic hydroxyl groups is 1. The smallest absolute Gasteiger partial charge is 0.100 e. The van der Waals surface area contributed by atoms with Crippen LogP contribution < -0.4 is 5.32 Å². The Morgan fingerprint density at radius 1 is 1.71 bits per heavy atom. The molecule has 0 saturated heterocycles. The molecule has 2 N–H and O–H groups in total. The maximum atomic E-state index is 8.94. The summed E-state index contributed by atoms with van der Waals surface area (Å²) >= 11 is 1.57. The predicted octanol–water partition coefficient (Wildman–Crippen LogP) is 1.48. The minimum atomic E-state index is 0.155. The van der Waals surface area contributed by atoms with Crippen LogP contribution in [0.2, 0.25) is 0 Å². The van der Waals surface area contributed by atoms with E-state index < -0.39 is 0 Å². The highest BCUT2D eigenvalue weighted by Crippen LogP contribution is 2.13. The molecule has 4 heteroatoms. The standard InChI is InChI=1S/C10H14N2OS/c1-2-9(6-13)12-5-10-3-8(4-11)7-14-10/h3,7,9,12-13H,2,5-6H2,1H3/t9-/m1/s1. The second kappa shape index (κ2) is 5.76. The molecule has 0 radical (unpaired) electrons. The largest absolute Gasteiger partial charge is 0.395 e. The SMILES string of the molecule is CC[C@H](CO)NCc1cc(C#N)cs1. The predicted molar refractivity (Wildman–Crippen MR) is 57.0 cm³/mol.